The largest absolute Gasteiger partial charge is 0.444 e. The van der Waals surface area contributed by atoms with E-state index < -0.39 is 0 Å². The summed E-state index contributed by atoms with van der Waals surface area (Å²) in [7, 11) is 0. The Morgan fingerprint density at radius 2 is 1.90 bits per heavy atom. The van der Waals surface area contributed by atoms with Gasteiger partial charge in [-0.2, -0.15) is 0 Å². The lowest BCUT2D eigenvalue weighted by molar-refractivity contribution is 0.550. The second-order valence-electron chi connectivity index (χ2n) is 2.61. The van der Waals surface area contributed by atoms with Crippen LogP contribution in [0.3, 0.4) is 0 Å². The number of unbranched alkanes of at least 4 members (excludes halogenated alkanes) is 1. The first-order chi connectivity index (χ1) is 4.68. The minimum atomic E-state index is 0.903. The number of nitrogens with zero attached hydrogens (tertiary/aromatic N) is 1. The molecule has 10 heavy (non-hydrogen) atoms. The van der Waals surface area contributed by atoms with Crippen LogP contribution in [-0.4, -0.2) is 0 Å². The Kier molecular flexibility index (Phi) is 13.6. The molecule has 0 bridgehead atoms. The second-order valence-corrected chi connectivity index (χ2v) is 2.61. The van der Waals surface area contributed by atoms with Crippen molar-refractivity contribution in [2.45, 2.75) is 40.0 Å². The van der Waals surface area contributed by atoms with Crippen molar-refractivity contribution in [1.82, 2.24) is 0 Å². The van der Waals surface area contributed by atoms with Gasteiger partial charge in [-0.25, -0.2) is 0 Å². The molecule has 0 radical (unpaired) electrons. The van der Waals surface area contributed by atoms with Gasteiger partial charge in [-0.1, -0.05) is 40.0 Å². The van der Waals surface area contributed by atoms with Crippen LogP contribution < -0.4 is 0 Å². The van der Waals surface area contributed by atoms with Gasteiger partial charge in [0.1, 0.15) is 0 Å². The molecular weight excluding hydrogens is 130 g/mol. The van der Waals surface area contributed by atoms with Crippen LogP contribution in [0.1, 0.15) is 40.0 Å². The number of rotatable bonds is 3. The monoisotopic (exact) mass is 146 g/mol. The molecule has 0 amide bonds. The molecular formula is C7H16NO2-. The third-order valence-corrected chi connectivity index (χ3v) is 1.14. The van der Waals surface area contributed by atoms with Gasteiger partial charge in [0.25, 0.3) is 0 Å². The van der Waals surface area contributed by atoms with Gasteiger partial charge in [0.05, 0.1) is 0 Å². The van der Waals surface area contributed by atoms with Crippen molar-refractivity contribution in [2.24, 2.45) is 11.3 Å². The van der Waals surface area contributed by atoms with Gasteiger partial charge in [-0.3, -0.25) is 0 Å². The van der Waals surface area contributed by atoms with E-state index in [1.807, 2.05) is 0 Å². The molecule has 0 aliphatic heterocycles. The first-order valence-corrected chi connectivity index (χ1v) is 3.64. The zero-order valence-electron chi connectivity index (χ0n) is 6.96. The lowest BCUT2D eigenvalue weighted by Gasteiger charge is -1.98. The first-order valence-electron chi connectivity index (χ1n) is 3.64. The van der Waals surface area contributed by atoms with E-state index in [4.69, 9.17) is 10.1 Å². The second kappa shape index (κ2) is 11.2. The summed E-state index contributed by atoms with van der Waals surface area (Å²) < 4.78 is 0. The molecule has 0 aromatic carbocycles. The summed E-state index contributed by atoms with van der Waals surface area (Å²) in [6.45, 7) is 6.79. The minimum absolute atomic E-state index is 0.903. The van der Waals surface area contributed by atoms with Gasteiger partial charge in [0, 0.05) is 0 Å². The first kappa shape index (κ1) is 12.1. The molecule has 0 spiro atoms. The maximum Gasteiger partial charge on any atom is -0.0471 e. The van der Waals surface area contributed by atoms with Crippen LogP contribution in [0.5, 0.6) is 0 Å². The molecule has 0 saturated heterocycles. The fraction of sp³-hybridized carbons (Fsp3) is 1.00. The summed E-state index contributed by atoms with van der Waals surface area (Å²) in [5.41, 5.74) is 0. The van der Waals surface area contributed by atoms with E-state index in [2.05, 4.69) is 20.8 Å². The maximum atomic E-state index is 8.00. The summed E-state index contributed by atoms with van der Waals surface area (Å²) in [4.78, 5) is 8.00. The summed E-state index contributed by atoms with van der Waals surface area (Å²) in [6.07, 6.45) is 4.15. The molecule has 3 nitrogen and oxygen atoms in total. The Hall–Kier alpha value is -0.600. The molecule has 0 atom stereocenters. The van der Waals surface area contributed by atoms with Gasteiger partial charge in [0.2, 0.25) is 0 Å². The predicted molar refractivity (Wildman–Crippen MR) is 43.5 cm³/mol. The summed E-state index contributed by atoms with van der Waals surface area (Å²) in [6, 6.07) is 0. The van der Waals surface area contributed by atoms with Gasteiger partial charge in [-0.05, 0) is 5.92 Å². The molecule has 62 valence electrons. The van der Waals surface area contributed by atoms with Gasteiger partial charge in [-0.15, -0.1) is 5.34 Å². The molecule has 0 aliphatic carbocycles. The number of hydrogen-bond donors (Lipinski definition) is 0. The standard InChI is InChI=1S/C7H16.HNO2/c1-4-5-6-7(2)3;2-1-3/h7H,4-6H2,1-3H3;(H,2,3)/p-1. The molecule has 0 unspecified atom stereocenters. The molecule has 0 aromatic rings. The Balaban J connectivity index is 0. The minimum Gasteiger partial charge on any atom is -0.444 e. The van der Waals surface area contributed by atoms with E-state index in [0.717, 1.165) is 11.3 Å². The van der Waals surface area contributed by atoms with Gasteiger partial charge < -0.3 is 10.1 Å². The van der Waals surface area contributed by atoms with Crippen molar-refractivity contribution in [3.63, 3.8) is 0 Å². The summed E-state index contributed by atoms with van der Waals surface area (Å²) in [5.74, 6) is 0.903. The molecule has 0 aromatic heterocycles. The van der Waals surface area contributed by atoms with Crippen molar-refractivity contribution in [3.8, 4) is 0 Å². The highest BCUT2D eigenvalue weighted by molar-refractivity contribution is 4.42. The third-order valence-electron chi connectivity index (χ3n) is 1.14. The molecule has 0 rings (SSSR count). The van der Waals surface area contributed by atoms with Crippen molar-refractivity contribution >= 4 is 0 Å². The normalized spacial score (nSPS) is 8.40. The van der Waals surface area contributed by atoms with Crippen LogP contribution in [0.4, 0.5) is 0 Å². The zero-order valence-corrected chi connectivity index (χ0v) is 6.96. The van der Waals surface area contributed by atoms with Crippen molar-refractivity contribution in [2.75, 3.05) is 0 Å². The number of hydrogen-bond acceptors (Lipinski definition) is 3. The molecule has 3 heteroatoms. The topological polar surface area (TPSA) is 52.5 Å². The fourth-order valence-corrected chi connectivity index (χ4v) is 0.612. The molecule has 0 aliphatic rings. The predicted octanol–water partition coefficient (Wildman–Crippen LogP) is 3.08. The van der Waals surface area contributed by atoms with Crippen LogP contribution in [0, 0.1) is 16.0 Å². The summed E-state index contributed by atoms with van der Waals surface area (Å²) in [5, 5.41) is 9.00. The lowest BCUT2D eigenvalue weighted by Crippen LogP contribution is -1.83. The van der Waals surface area contributed by atoms with Gasteiger partial charge >= 0.3 is 0 Å². The Morgan fingerprint density at radius 1 is 1.50 bits per heavy atom. The quantitative estimate of drug-likeness (QED) is 0.453. The average Bonchev–Trinajstić information content (AvgIpc) is 1.85. The van der Waals surface area contributed by atoms with Crippen molar-refractivity contribution < 1.29 is 0 Å². The molecule has 0 fully saturated rings. The smallest absolute Gasteiger partial charge is 0.0471 e. The van der Waals surface area contributed by atoms with E-state index in [9.17, 15) is 0 Å². The third kappa shape index (κ3) is 26.2. The highest BCUT2D eigenvalue weighted by atomic mass is 16.6. The van der Waals surface area contributed by atoms with E-state index in [-0.39, 0.29) is 0 Å². The Labute approximate surface area is 62.4 Å². The van der Waals surface area contributed by atoms with E-state index in [0.29, 0.717) is 0 Å². The van der Waals surface area contributed by atoms with Crippen LogP contribution >= 0.6 is 0 Å². The van der Waals surface area contributed by atoms with E-state index in [1.54, 1.807) is 0 Å². The highest BCUT2D eigenvalue weighted by Crippen LogP contribution is 2.04. The average molecular weight is 146 g/mol. The molecule has 0 N–H and O–H groups in total. The van der Waals surface area contributed by atoms with Crippen LogP contribution in [0.15, 0.2) is 5.34 Å². The fourth-order valence-electron chi connectivity index (χ4n) is 0.612. The SMILES string of the molecule is CCCCC(C)C.O=N[O-]. The zero-order chi connectivity index (χ0) is 8.41. The molecule has 0 heterocycles. The lowest BCUT2D eigenvalue weighted by atomic mass is 10.1. The molecule has 0 saturated carbocycles. The van der Waals surface area contributed by atoms with Crippen LogP contribution in [0.2, 0.25) is 0 Å². The highest BCUT2D eigenvalue weighted by Gasteiger charge is 1.88. The Morgan fingerprint density at radius 3 is 2.00 bits per heavy atom. The van der Waals surface area contributed by atoms with E-state index >= 15 is 0 Å². The van der Waals surface area contributed by atoms with E-state index in [1.165, 1.54) is 19.3 Å². The van der Waals surface area contributed by atoms with Crippen LogP contribution in [0.25, 0.3) is 0 Å². The summed E-state index contributed by atoms with van der Waals surface area (Å²) >= 11 is 0. The Bertz CT molecular complexity index is 64.6. The van der Waals surface area contributed by atoms with Crippen LogP contribution in [-0.2, 0) is 0 Å². The maximum absolute atomic E-state index is 8.00. The van der Waals surface area contributed by atoms with Crippen molar-refractivity contribution in [3.05, 3.63) is 10.1 Å². The van der Waals surface area contributed by atoms with Crippen molar-refractivity contribution in [1.29, 1.82) is 0 Å². The van der Waals surface area contributed by atoms with Gasteiger partial charge in [0.15, 0.2) is 0 Å².